The maximum atomic E-state index is 12.5. The molecule has 0 amide bonds. The summed E-state index contributed by atoms with van der Waals surface area (Å²) in [4.78, 5) is 8.24. The molecular formula is C12H15F3N4. The minimum Gasteiger partial charge on any atom is -0.399 e. The second-order valence-electron chi connectivity index (χ2n) is 4.37. The molecule has 1 heterocycles. The molecule has 0 radical (unpaired) electrons. The van der Waals surface area contributed by atoms with E-state index in [9.17, 15) is 13.2 Å². The van der Waals surface area contributed by atoms with Crippen LogP contribution in [0.5, 0.6) is 0 Å². The van der Waals surface area contributed by atoms with Crippen molar-refractivity contribution in [2.45, 2.75) is 19.5 Å². The minimum absolute atomic E-state index is 0.222. The average molecular weight is 272 g/mol. The summed E-state index contributed by atoms with van der Waals surface area (Å²) >= 11 is 0. The van der Waals surface area contributed by atoms with Crippen molar-refractivity contribution in [2.75, 3.05) is 23.7 Å². The number of halogens is 3. The normalized spacial score (nSPS) is 12.0. The Balaban J connectivity index is 2.33. The molecule has 1 aromatic carbocycles. The number of alkyl halides is 3. The lowest BCUT2D eigenvalue weighted by atomic mass is 10.3. The van der Waals surface area contributed by atoms with Crippen LogP contribution in [0.1, 0.15) is 13.3 Å². The van der Waals surface area contributed by atoms with Gasteiger partial charge >= 0.3 is 6.18 Å². The lowest BCUT2D eigenvalue weighted by molar-refractivity contribution is -0.119. The standard InChI is InChI=1S/C12H15F3N4/c1-2-5-19(7-12(13,14)15)11-17-9-4-3-8(16)6-10(9)18-11/h3-4,6H,2,5,7,16H2,1H3,(H,17,18). The van der Waals surface area contributed by atoms with Gasteiger partial charge in [0.2, 0.25) is 5.95 Å². The molecule has 1 aromatic heterocycles. The molecule has 0 bridgehead atoms. The number of anilines is 2. The predicted molar refractivity (Wildman–Crippen MR) is 69.1 cm³/mol. The first-order valence-electron chi connectivity index (χ1n) is 5.96. The van der Waals surface area contributed by atoms with E-state index in [4.69, 9.17) is 5.73 Å². The van der Waals surface area contributed by atoms with Gasteiger partial charge in [-0.2, -0.15) is 13.2 Å². The van der Waals surface area contributed by atoms with E-state index in [1.807, 2.05) is 6.92 Å². The van der Waals surface area contributed by atoms with Crippen LogP contribution in [-0.4, -0.2) is 29.2 Å². The van der Waals surface area contributed by atoms with Gasteiger partial charge in [0.25, 0.3) is 0 Å². The Kier molecular flexibility index (Phi) is 3.55. The number of nitrogens with one attached hydrogen (secondary N) is 1. The van der Waals surface area contributed by atoms with Crippen LogP contribution >= 0.6 is 0 Å². The van der Waals surface area contributed by atoms with Crippen LogP contribution in [-0.2, 0) is 0 Å². The van der Waals surface area contributed by atoms with Crippen molar-refractivity contribution < 1.29 is 13.2 Å². The van der Waals surface area contributed by atoms with Gasteiger partial charge in [-0.25, -0.2) is 4.98 Å². The van der Waals surface area contributed by atoms with Gasteiger partial charge in [0.1, 0.15) is 6.54 Å². The van der Waals surface area contributed by atoms with Crippen molar-refractivity contribution >= 4 is 22.7 Å². The molecule has 19 heavy (non-hydrogen) atoms. The summed E-state index contributed by atoms with van der Waals surface area (Å²) in [6, 6.07) is 5.01. The number of benzene rings is 1. The first-order valence-corrected chi connectivity index (χ1v) is 5.96. The molecule has 7 heteroatoms. The van der Waals surface area contributed by atoms with Crippen LogP contribution in [0.15, 0.2) is 18.2 Å². The molecule has 2 aromatic rings. The van der Waals surface area contributed by atoms with Gasteiger partial charge in [0.05, 0.1) is 11.0 Å². The fourth-order valence-corrected chi connectivity index (χ4v) is 1.91. The highest BCUT2D eigenvalue weighted by Gasteiger charge is 2.31. The number of hydrogen-bond donors (Lipinski definition) is 2. The van der Waals surface area contributed by atoms with E-state index >= 15 is 0 Å². The maximum absolute atomic E-state index is 12.5. The number of rotatable bonds is 4. The molecule has 0 saturated carbocycles. The molecule has 0 atom stereocenters. The second kappa shape index (κ2) is 4.99. The number of fused-ring (bicyclic) bond motifs is 1. The molecule has 0 aliphatic carbocycles. The molecule has 3 N–H and O–H groups in total. The van der Waals surface area contributed by atoms with Crippen LogP contribution in [0.25, 0.3) is 11.0 Å². The zero-order valence-corrected chi connectivity index (χ0v) is 10.5. The molecule has 2 rings (SSSR count). The molecular weight excluding hydrogens is 257 g/mol. The average Bonchev–Trinajstić information content (AvgIpc) is 2.69. The van der Waals surface area contributed by atoms with Crippen molar-refractivity contribution in [1.82, 2.24) is 9.97 Å². The van der Waals surface area contributed by atoms with Gasteiger partial charge in [-0.05, 0) is 24.6 Å². The Morgan fingerprint density at radius 2 is 2.11 bits per heavy atom. The summed E-state index contributed by atoms with van der Waals surface area (Å²) in [6.45, 7) is 1.09. The van der Waals surface area contributed by atoms with E-state index in [0.717, 1.165) is 0 Å². The Morgan fingerprint density at radius 3 is 2.74 bits per heavy atom. The first-order chi connectivity index (χ1) is 8.89. The van der Waals surface area contributed by atoms with Crippen LogP contribution < -0.4 is 10.6 Å². The fourth-order valence-electron chi connectivity index (χ4n) is 1.91. The van der Waals surface area contributed by atoms with Crippen molar-refractivity contribution in [2.24, 2.45) is 0 Å². The summed E-state index contributed by atoms with van der Waals surface area (Å²) in [5.74, 6) is 0.222. The summed E-state index contributed by atoms with van der Waals surface area (Å²) in [5, 5.41) is 0. The number of nitrogens with zero attached hydrogens (tertiary/aromatic N) is 2. The Bertz CT molecular complexity index is 562. The maximum Gasteiger partial charge on any atom is 0.406 e. The van der Waals surface area contributed by atoms with E-state index in [1.165, 1.54) is 4.90 Å². The van der Waals surface area contributed by atoms with Crippen LogP contribution in [0, 0.1) is 0 Å². The van der Waals surface area contributed by atoms with Gasteiger partial charge in [0, 0.05) is 12.2 Å². The molecule has 0 fully saturated rings. The van der Waals surface area contributed by atoms with E-state index in [1.54, 1.807) is 18.2 Å². The highest BCUT2D eigenvalue weighted by Crippen LogP contribution is 2.23. The molecule has 4 nitrogen and oxygen atoms in total. The summed E-state index contributed by atoms with van der Waals surface area (Å²) in [7, 11) is 0. The molecule has 0 spiro atoms. The van der Waals surface area contributed by atoms with E-state index < -0.39 is 12.7 Å². The van der Waals surface area contributed by atoms with Gasteiger partial charge in [-0.15, -0.1) is 0 Å². The minimum atomic E-state index is -4.26. The van der Waals surface area contributed by atoms with Gasteiger partial charge < -0.3 is 15.6 Å². The monoisotopic (exact) mass is 272 g/mol. The molecule has 0 saturated heterocycles. The molecule has 104 valence electrons. The highest BCUT2D eigenvalue weighted by molar-refractivity contribution is 5.80. The molecule has 0 aliphatic rings. The first kappa shape index (κ1) is 13.5. The SMILES string of the molecule is CCCN(CC(F)(F)F)c1nc2ccc(N)cc2[nH]1. The number of nitrogens with two attached hydrogens (primary N) is 1. The van der Waals surface area contributed by atoms with Crippen LogP contribution in [0.3, 0.4) is 0 Å². The van der Waals surface area contributed by atoms with Crippen LogP contribution in [0.4, 0.5) is 24.8 Å². The Labute approximate surface area is 108 Å². The number of hydrogen-bond acceptors (Lipinski definition) is 3. The second-order valence-corrected chi connectivity index (χ2v) is 4.37. The van der Waals surface area contributed by atoms with E-state index in [2.05, 4.69) is 9.97 Å². The van der Waals surface area contributed by atoms with Gasteiger partial charge in [0.15, 0.2) is 0 Å². The van der Waals surface area contributed by atoms with Crippen LogP contribution in [0.2, 0.25) is 0 Å². The lowest BCUT2D eigenvalue weighted by Crippen LogP contribution is -2.35. The zero-order valence-electron chi connectivity index (χ0n) is 10.5. The van der Waals surface area contributed by atoms with Crippen molar-refractivity contribution in [1.29, 1.82) is 0 Å². The zero-order chi connectivity index (χ0) is 14.0. The van der Waals surface area contributed by atoms with Gasteiger partial charge in [-0.1, -0.05) is 6.92 Å². The summed E-state index contributed by atoms with van der Waals surface area (Å²) in [6.07, 6.45) is -3.65. The quantitative estimate of drug-likeness (QED) is 0.841. The van der Waals surface area contributed by atoms with E-state index in [0.29, 0.717) is 23.1 Å². The lowest BCUT2D eigenvalue weighted by Gasteiger charge is -2.22. The van der Waals surface area contributed by atoms with E-state index in [-0.39, 0.29) is 12.5 Å². The number of imidazole rings is 1. The summed E-state index contributed by atoms with van der Waals surface area (Å²) < 4.78 is 37.6. The van der Waals surface area contributed by atoms with Gasteiger partial charge in [-0.3, -0.25) is 0 Å². The Hall–Kier alpha value is -1.92. The third-order valence-corrected chi connectivity index (χ3v) is 2.66. The van der Waals surface area contributed by atoms with Crippen molar-refractivity contribution in [3.8, 4) is 0 Å². The number of aromatic nitrogens is 2. The van der Waals surface area contributed by atoms with Crippen molar-refractivity contribution in [3.05, 3.63) is 18.2 Å². The Morgan fingerprint density at radius 1 is 1.37 bits per heavy atom. The number of nitrogen functional groups attached to an aromatic ring is 1. The largest absolute Gasteiger partial charge is 0.406 e. The molecule has 0 aliphatic heterocycles. The fraction of sp³-hybridized carbons (Fsp3) is 0.417. The molecule has 0 unspecified atom stereocenters. The smallest absolute Gasteiger partial charge is 0.399 e. The summed E-state index contributed by atoms with van der Waals surface area (Å²) in [5.41, 5.74) is 7.41. The predicted octanol–water partition coefficient (Wildman–Crippen LogP) is 2.92. The topological polar surface area (TPSA) is 57.9 Å². The third kappa shape index (κ3) is 3.30. The third-order valence-electron chi connectivity index (χ3n) is 2.66. The number of aromatic amines is 1. The van der Waals surface area contributed by atoms with Crippen molar-refractivity contribution in [3.63, 3.8) is 0 Å². The highest BCUT2D eigenvalue weighted by atomic mass is 19.4. The number of H-pyrrole nitrogens is 1.